The normalized spacial score (nSPS) is 11.0. The summed E-state index contributed by atoms with van der Waals surface area (Å²) < 4.78 is 1.82. The van der Waals surface area contributed by atoms with E-state index in [2.05, 4.69) is 15.2 Å². The number of aromatic nitrogens is 4. The summed E-state index contributed by atoms with van der Waals surface area (Å²) in [6, 6.07) is 5.79. The van der Waals surface area contributed by atoms with Gasteiger partial charge in [0, 0.05) is 18.0 Å². The van der Waals surface area contributed by atoms with Gasteiger partial charge in [0.15, 0.2) is 0 Å². The molecule has 0 aromatic carbocycles. The maximum absolute atomic E-state index is 5.98. The highest BCUT2D eigenvalue weighted by molar-refractivity contribution is 6.29. The number of halogens is 1. The van der Waals surface area contributed by atoms with Crippen molar-refractivity contribution in [2.24, 2.45) is 0 Å². The molecule has 74 valence electrons. The molecule has 3 aromatic heterocycles. The summed E-state index contributed by atoms with van der Waals surface area (Å²) in [5.41, 5.74) is 2.73. The second-order valence-corrected chi connectivity index (χ2v) is 3.57. The quantitative estimate of drug-likeness (QED) is 0.682. The molecule has 0 aliphatic heterocycles. The summed E-state index contributed by atoms with van der Waals surface area (Å²) in [6.45, 7) is 0. The lowest BCUT2D eigenvalue weighted by Gasteiger charge is -1.99. The van der Waals surface area contributed by atoms with E-state index in [1.54, 1.807) is 12.4 Å². The average molecular weight is 219 g/mol. The van der Waals surface area contributed by atoms with Crippen molar-refractivity contribution in [3.63, 3.8) is 0 Å². The van der Waals surface area contributed by atoms with Crippen LogP contribution in [0.2, 0.25) is 5.15 Å². The lowest BCUT2D eigenvalue weighted by Crippen LogP contribution is -1.87. The van der Waals surface area contributed by atoms with Crippen LogP contribution in [0.1, 0.15) is 0 Å². The molecular formula is C10H7ClN4. The zero-order chi connectivity index (χ0) is 10.3. The molecule has 3 heterocycles. The number of pyridine rings is 1. The number of nitrogens with zero attached hydrogens (tertiary/aromatic N) is 3. The van der Waals surface area contributed by atoms with Crippen molar-refractivity contribution in [3.8, 4) is 11.3 Å². The Morgan fingerprint density at radius 2 is 2.20 bits per heavy atom. The highest BCUT2D eigenvalue weighted by Gasteiger charge is 2.04. The number of imidazole rings is 1. The van der Waals surface area contributed by atoms with Crippen LogP contribution in [0, 0.1) is 0 Å². The lowest BCUT2D eigenvalue weighted by atomic mass is 10.2. The molecule has 0 radical (unpaired) electrons. The molecule has 4 nitrogen and oxygen atoms in total. The van der Waals surface area contributed by atoms with Gasteiger partial charge in [0.05, 0.1) is 11.9 Å². The maximum Gasteiger partial charge on any atom is 0.137 e. The monoisotopic (exact) mass is 218 g/mol. The van der Waals surface area contributed by atoms with Gasteiger partial charge in [-0.3, -0.25) is 9.50 Å². The highest BCUT2D eigenvalue weighted by Crippen LogP contribution is 2.19. The Morgan fingerprint density at radius 3 is 3.00 bits per heavy atom. The summed E-state index contributed by atoms with van der Waals surface area (Å²) >= 11 is 5.98. The third-order valence-electron chi connectivity index (χ3n) is 2.26. The molecular weight excluding hydrogens is 212 g/mol. The van der Waals surface area contributed by atoms with Crippen LogP contribution in [0.3, 0.4) is 0 Å². The third kappa shape index (κ3) is 1.30. The van der Waals surface area contributed by atoms with Crippen LogP contribution in [0.5, 0.6) is 0 Å². The van der Waals surface area contributed by atoms with E-state index in [4.69, 9.17) is 11.6 Å². The van der Waals surface area contributed by atoms with E-state index in [1.165, 1.54) is 0 Å². The van der Waals surface area contributed by atoms with E-state index < -0.39 is 0 Å². The Morgan fingerprint density at radius 1 is 1.27 bits per heavy atom. The largest absolute Gasteiger partial charge is 0.290 e. The number of hydrogen-bond acceptors (Lipinski definition) is 2. The Balaban J connectivity index is 2.25. The van der Waals surface area contributed by atoms with Crippen LogP contribution >= 0.6 is 11.6 Å². The molecule has 3 rings (SSSR count). The van der Waals surface area contributed by atoms with Gasteiger partial charge in [-0.2, -0.15) is 5.10 Å². The lowest BCUT2D eigenvalue weighted by molar-refractivity contribution is 1.09. The molecule has 1 N–H and O–H groups in total. The molecule has 3 aromatic rings. The van der Waals surface area contributed by atoms with Crippen LogP contribution < -0.4 is 0 Å². The Kier molecular flexibility index (Phi) is 1.76. The Labute approximate surface area is 90.5 Å². The Bertz CT molecular complexity index is 597. The fraction of sp³-hybridized carbons (Fsp3) is 0. The fourth-order valence-corrected chi connectivity index (χ4v) is 1.71. The standard InChI is InChI=1S/C10H7ClN4/c11-9-5-12-10-2-1-7(6-15(9)10)8-3-4-13-14-8/h1-6H,(H,13,14). The summed E-state index contributed by atoms with van der Waals surface area (Å²) in [5.74, 6) is 0. The molecule has 0 aliphatic carbocycles. The van der Waals surface area contributed by atoms with Gasteiger partial charge < -0.3 is 0 Å². The van der Waals surface area contributed by atoms with Gasteiger partial charge in [-0.25, -0.2) is 4.98 Å². The summed E-state index contributed by atoms with van der Waals surface area (Å²) in [7, 11) is 0. The van der Waals surface area contributed by atoms with Crippen molar-refractivity contribution in [3.05, 3.63) is 41.9 Å². The molecule has 5 heteroatoms. The minimum atomic E-state index is 0.599. The molecule has 0 spiro atoms. The summed E-state index contributed by atoms with van der Waals surface area (Å²) in [6.07, 6.45) is 5.33. The molecule has 15 heavy (non-hydrogen) atoms. The Hall–Kier alpha value is -1.81. The van der Waals surface area contributed by atoms with E-state index in [0.29, 0.717) is 5.15 Å². The predicted molar refractivity (Wildman–Crippen MR) is 57.8 cm³/mol. The van der Waals surface area contributed by atoms with E-state index in [-0.39, 0.29) is 0 Å². The van der Waals surface area contributed by atoms with Crippen molar-refractivity contribution in [2.45, 2.75) is 0 Å². The van der Waals surface area contributed by atoms with Gasteiger partial charge >= 0.3 is 0 Å². The zero-order valence-electron chi connectivity index (χ0n) is 7.68. The first-order valence-corrected chi connectivity index (χ1v) is 4.85. The second-order valence-electron chi connectivity index (χ2n) is 3.19. The summed E-state index contributed by atoms with van der Waals surface area (Å²) in [5, 5.41) is 7.48. The number of aromatic amines is 1. The van der Waals surface area contributed by atoms with Crippen LogP contribution in [0.25, 0.3) is 16.9 Å². The minimum Gasteiger partial charge on any atom is -0.290 e. The molecule has 0 saturated heterocycles. The number of rotatable bonds is 1. The van der Waals surface area contributed by atoms with Crippen molar-refractivity contribution in [2.75, 3.05) is 0 Å². The van der Waals surface area contributed by atoms with Gasteiger partial charge in [-0.15, -0.1) is 0 Å². The average Bonchev–Trinajstić information content (AvgIpc) is 2.88. The molecule has 0 atom stereocenters. The van der Waals surface area contributed by atoms with Crippen LogP contribution in [-0.4, -0.2) is 19.6 Å². The number of nitrogens with one attached hydrogen (secondary N) is 1. The van der Waals surface area contributed by atoms with Crippen molar-refractivity contribution in [1.29, 1.82) is 0 Å². The van der Waals surface area contributed by atoms with Gasteiger partial charge in [0.1, 0.15) is 10.8 Å². The van der Waals surface area contributed by atoms with Crippen molar-refractivity contribution in [1.82, 2.24) is 19.6 Å². The summed E-state index contributed by atoms with van der Waals surface area (Å²) in [4.78, 5) is 4.14. The molecule has 0 saturated carbocycles. The van der Waals surface area contributed by atoms with Crippen molar-refractivity contribution >= 4 is 17.2 Å². The molecule has 0 unspecified atom stereocenters. The molecule has 0 bridgehead atoms. The van der Waals surface area contributed by atoms with Crippen LogP contribution in [0.4, 0.5) is 0 Å². The molecule has 0 aliphatic rings. The first kappa shape index (κ1) is 8.49. The zero-order valence-corrected chi connectivity index (χ0v) is 8.44. The highest BCUT2D eigenvalue weighted by atomic mass is 35.5. The van der Waals surface area contributed by atoms with E-state index in [9.17, 15) is 0 Å². The van der Waals surface area contributed by atoms with Gasteiger partial charge in [-0.05, 0) is 18.2 Å². The first-order chi connectivity index (χ1) is 7.34. The van der Waals surface area contributed by atoms with Gasteiger partial charge in [0.2, 0.25) is 0 Å². The smallest absolute Gasteiger partial charge is 0.137 e. The number of H-pyrrole nitrogens is 1. The van der Waals surface area contributed by atoms with E-state index >= 15 is 0 Å². The SMILES string of the molecule is Clc1cnc2ccc(-c3cc[nH]n3)cn12. The third-order valence-corrected chi connectivity index (χ3v) is 2.54. The van der Waals surface area contributed by atoms with E-state index in [1.807, 2.05) is 28.8 Å². The maximum atomic E-state index is 5.98. The topological polar surface area (TPSA) is 46.0 Å². The van der Waals surface area contributed by atoms with E-state index in [0.717, 1.165) is 16.9 Å². The first-order valence-electron chi connectivity index (χ1n) is 4.47. The molecule has 0 fully saturated rings. The van der Waals surface area contributed by atoms with Crippen molar-refractivity contribution < 1.29 is 0 Å². The van der Waals surface area contributed by atoms with Gasteiger partial charge in [-0.1, -0.05) is 11.6 Å². The van der Waals surface area contributed by atoms with Crippen LogP contribution in [-0.2, 0) is 0 Å². The fourth-order valence-electron chi connectivity index (χ4n) is 1.52. The number of hydrogen-bond donors (Lipinski definition) is 1. The minimum absolute atomic E-state index is 0.599. The van der Waals surface area contributed by atoms with Crippen LogP contribution in [0.15, 0.2) is 36.8 Å². The second kappa shape index (κ2) is 3.10. The predicted octanol–water partition coefficient (Wildman–Crippen LogP) is 2.38. The molecule has 0 amide bonds. The number of fused-ring (bicyclic) bond motifs is 1. The van der Waals surface area contributed by atoms with Gasteiger partial charge in [0.25, 0.3) is 0 Å².